The van der Waals surface area contributed by atoms with Gasteiger partial charge in [0, 0.05) is 30.2 Å². The monoisotopic (exact) mass is 296 g/mol. The lowest BCUT2D eigenvalue weighted by molar-refractivity contribution is 0.558. The molecule has 4 rings (SSSR count). The smallest absolute Gasteiger partial charge is 0.126 e. The third-order valence-corrected chi connectivity index (χ3v) is 4.04. The molecule has 0 fully saturated rings. The highest BCUT2D eigenvalue weighted by molar-refractivity contribution is 5.46. The first-order valence-electron chi connectivity index (χ1n) is 7.17. The van der Waals surface area contributed by atoms with E-state index in [1.54, 1.807) is 0 Å². The molecule has 0 radical (unpaired) electrons. The van der Waals surface area contributed by atoms with Crippen LogP contribution in [-0.2, 0) is 6.54 Å². The molecule has 1 aliphatic heterocycles. The fourth-order valence-corrected chi connectivity index (χ4v) is 3.09. The Hall–Kier alpha value is -2.46. The molecule has 1 aliphatic rings. The largest absolute Gasteiger partial charge is 0.319 e. The molecule has 4 heteroatoms. The van der Waals surface area contributed by atoms with E-state index in [4.69, 9.17) is 0 Å². The van der Waals surface area contributed by atoms with Gasteiger partial charge in [-0.3, -0.25) is 0 Å². The fourth-order valence-electron chi connectivity index (χ4n) is 3.09. The molecule has 0 saturated carbocycles. The molecule has 2 aromatic carbocycles. The van der Waals surface area contributed by atoms with Crippen LogP contribution >= 0.6 is 0 Å². The predicted octanol–water partition coefficient (Wildman–Crippen LogP) is 3.95. The lowest BCUT2D eigenvalue weighted by atomic mass is 10.0. The molecule has 0 spiro atoms. The van der Waals surface area contributed by atoms with E-state index >= 15 is 0 Å². The molecule has 1 atom stereocenters. The summed E-state index contributed by atoms with van der Waals surface area (Å²) in [5.41, 5.74) is 3.80. The van der Waals surface area contributed by atoms with E-state index in [0.29, 0.717) is 12.1 Å². The van der Waals surface area contributed by atoms with Gasteiger partial charge in [0.25, 0.3) is 0 Å². The van der Waals surface area contributed by atoms with Gasteiger partial charge in [-0.15, -0.1) is 0 Å². The Morgan fingerprint density at radius 1 is 0.955 bits per heavy atom. The van der Waals surface area contributed by atoms with Crippen molar-refractivity contribution in [2.45, 2.75) is 12.6 Å². The van der Waals surface area contributed by atoms with Crippen LogP contribution in [-0.4, -0.2) is 4.57 Å². The van der Waals surface area contributed by atoms with Crippen LogP contribution in [0.1, 0.15) is 22.9 Å². The van der Waals surface area contributed by atoms with Crippen LogP contribution in [0.2, 0.25) is 0 Å². The van der Waals surface area contributed by atoms with Gasteiger partial charge in [0.1, 0.15) is 11.6 Å². The Bertz CT molecular complexity index is 818. The standard InChI is InChI=1S/C18H14F2N2/c19-14-8-13(9-15(20)10-14)18-17-6-3-7-22(17)16-5-2-1-4-12(16)11-21-18/h1-10,18,21H,11H2. The van der Waals surface area contributed by atoms with Crippen molar-refractivity contribution in [2.75, 3.05) is 0 Å². The second-order valence-corrected chi connectivity index (χ2v) is 5.45. The van der Waals surface area contributed by atoms with Gasteiger partial charge in [0.05, 0.1) is 6.04 Å². The van der Waals surface area contributed by atoms with Crippen molar-refractivity contribution in [3.8, 4) is 5.69 Å². The lowest BCUT2D eigenvalue weighted by Crippen LogP contribution is -2.21. The van der Waals surface area contributed by atoms with Crippen LogP contribution < -0.4 is 5.32 Å². The maximum absolute atomic E-state index is 13.6. The number of nitrogens with zero attached hydrogens (tertiary/aromatic N) is 1. The van der Waals surface area contributed by atoms with E-state index in [-0.39, 0.29) is 6.04 Å². The van der Waals surface area contributed by atoms with Gasteiger partial charge < -0.3 is 9.88 Å². The van der Waals surface area contributed by atoms with Crippen LogP contribution in [0.4, 0.5) is 8.78 Å². The summed E-state index contributed by atoms with van der Waals surface area (Å²) in [5.74, 6) is -1.12. The average molecular weight is 296 g/mol. The minimum atomic E-state index is -0.559. The molecular formula is C18H14F2N2. The summed E-state index contributed by atoms with van der Waals surface area (Å²) in [4.78, 5) is 0. The predicted molar refractivity (Wildman–Crippen MR) is 80.8 cm³/mol. The zero-order valence-electron chi connectivity index (χ0n) is 11.8. The summed E-state index contributed by atoms with van der Waals surface area (Å²) >= 11 is 0. The summed E-state index contributed by atoms with van der Waals surface area (Å²) < 4.78 is 29.2. The molecule has 1 N–H and O–H groups in total. The van der Waals surface area contributed by atoms with Gasteiger partial charge in [-0.1, -0.05) is 18.2 Å². The topological polar surface area (TPSA) is 17.0 Å². The van der Waals surface area contributed by atoms with Crippen LogP contribution in [0, 0.1) is 11.6 Å². The van der Waals surface area contributed by atoms with Crippen molar-refractivity contribution in [1.29, 1.82) is 0 Å². The molecule has 0 saturated heterocycles. The normalized spacial score (nSPS) is 16.7. The highest BCUT2D eigenvalue weighted by Gasteiger charge is 2.23. The quantitative estimate of drug-likeness (QED) is 0.719. The summed E-state index contributed by atoms with van der Waals surface area (Å²) in [6.07, 6.45) is 1.98. The lowest BCUT2D eigenvalue weighted by Gasteiger charge is -2.18. The summed E-state index contributed by atoms with van der Waals surface area (Å²) in [7, 11) is 0. The van der Waals surface area contributed by atoms with Gasteiger partial charge in [-0.25, -0.2) is 8.78 Å². The Morgan fingerprint density at radius 3 is 2.55 bits per heavy atom. The number of fused-ring (bicyclic) bond motifs is 3. The van der Waals surface area contributed by atoms with E-state index in [0.717, 1.165) is 23.0 Å². The van der Waals surface area contributed by atoms with E-state index in [1.165, 1.54) is 12.1 Å². The minimum absolute atomic E-state index is 0.257. The van der Waals surface area contributed by atoms with Crippen molar-refractivity contribution in [1.82, 2.24) is 9.88 Å². The molecule has 0 bridgehead atoms. The summed E-state index contributed by atoms with van der Waals surface area (Å²) in [6, 6.07) is 15.4. The summed E-state index contributed by atoms with van der Waals surface area (Å²) in [6.45, 7) is 0.640. The molecule has 1 unspecified atom stereocenters. The van der Waals surface area contributed by atoms with Crippen LogP contribution in [0.5, 0.6) is 0 Å². The molecule has 0 amide bonds. The number of nitrogens with one attached hydrogen (secondary N) is 1. The maximum atomic E-state index is 13.6. The fraction of sp³-hybridized carbons (Fsp3) is 0.111. The second-order valence-electron chi connectivity index (χ2n) is 5.45. The first kappa shape index (κ1) is 13.2. The molecular weight excluding hydrogens is 282 g/mol. The Balaban J connectivity index is 1.88. The maximum Gasteiger partial charge on any atom is 0.126 e. The van der Waals surface area contributed by atoms with E-state index < -0.39 is 11.6 Å². The van der Waals surface area contributed by atoms with E-state index in [2.05, 4.69) is 22.0 Å². The Labute approximate surface area is 127 Å². The highest BCUT2D eigenvalue weighted by atomic mass is 19.1. The Morgan fingerprint density at radius 2 is 1.73 bits per heavy atom. The van der Waals surface area contributed by atoms with Gasteiger partial charge in [-0.05, 0) is 41.5 Å². The molecule has 3 aromatic rings. The van der Waals surface area contributed by atoms with Gasteiger partial charge in [0.15, 0.2) is 0 Å². The molecule has 22 heavy (non-hydrogen) atoms. The molecule has 0 aliphatic carbocycles. The third kappa shape index (κ3) is 2.12. The highest BCUT2D eigenvalue weighted by Crippen LogP contribution is 2.30. The van der Waals surface area contributed by atoms with Crippen LogP contribution in [0.3, 0.4) is 0 Å². The van der Waals surface area contributed by atoms with E-state index in [1.807, 2.05) is 30.5 Å². The van der Waals surface area contributed by atoms with Crippen molar-refractivity contribution in [2.24, 2.45) is 0 Å². The summed E-state index contributed by atoms with van der Waals surface area (Å²) in [5, 5.41) is 3.40. The number of para-hydroxylation sites is 1. The number of halogens is 2. The zero-order chi connectivity index (χ0) is 15.1. The molecule has 2 heterocycles. The first-order chi connectivity index (χ1) is 10.7. The number of hydrogen-bond donors (Lipinski definition) is 1. The average Bonchev–Trinajstić information content (AvgIpc) is 2.90. The van der Waals surface area contributed by atoms with Crippen LogP contribution in [0.15, 0.2) is 60.8 Å². The zero-order valence-corrected chi connectivity index (χ0v) is 11.8. The second kappa shape index (κ2) is 5.07. The number of benzene rings is 2. The van der Waals surface area contributed by atoms with Crippen molar-refractivity contribution in [3.05, 3.63) is 89.2 Å². The number of aromatic nitrogens is 1. The van der Waals surface area contributed by atoms with Crippen LogP contribution in [0.25, 0.3) is 5.69 Å². The van der Waals surface area contributed by atoms with Gasteiger partial charge in [0.2, 0.25) is 0 Å². The number of rotatable bonds is 1. The Kier molecular flexibility index (Phi) is 3.05. The third-order valence-electron chi connectivity index (χ3n) is 4.04. The van der Waals surface area contributed by atoms with E-state index in [9.17, 15) is 8.78 Å². The molecule has 110 valence electrons. The van der Waals surface area contributed by atoms with Crippen molar-refractivity contribution >= 4 is 0 Å². The minimum Gasteiger partial charge on any atom is -0.319 e. The number of hydrogen-bond acceptors (Lipinski definition) is 1. The van der Waals surface area contributed by atoms with Gasteiger partial charge >= 0.3 is 0 Å². The van der Waals surface area contributed by atoms with Gasteiger partial charge in [-0.2, -0.15) is 0 Å². The molecule has 2 nitrogen and oxygen atoms in total. The SMILES string of the molecule is Fc1cc(F)cc(C2NCc3ccccc3-n3cccc32)c1. The van der Waals surface area contributed by atoms with Crippen molar-refractivity contribution < 1.29 is 8.78 Å². The van der Waals surface area contributed by atoms with Crippen molar-refractivity contribution in [3.63, 3.8) is 0 Å². The first-order valence-corrected chi connectivity index (χ1v) is 7.17. The molecule has 1 aromatic heterocycles.